The van der Waals surface area contributed by atoms with Crippen LogP contribution in [0.2, 0.25) is 0 Å². The molecule has 1 aliphatic rings. The summed E-state index contributed by atoms with van der Waals surface area (Å²) in [6.07, 6.45) is 4.83. The second kappa shape index (κ2) is 6.32. The van der Waals surface area contributed by atoms with Crippen molar-refractivity contribution in [1.82, 2.24) is 9.97 Å². The number of carbonyl (C=O) groups excluding carboxylic acids is 1. The minimum absolute atomic E-state index is 0.191. The third-order valence-electron chi connectivity index (χ3n) is 3.26. The zero-order chi connectivity index (χ0) is 14.5. The molecular weight excluding hydrogens is 268 g/mol. The third kappa shape index (κ3) is 3.35. The lowest BCUT2D eigenvalue weighted by Gasteiger charge is -2.27. The summed E-state index contributed by atoms with van der Waals surface area (Å²) in [6.45, 7) is 3.13. The molecule has 3 rings (SSSR count). The van der Waals surface area contributed by atoms with Crippen molar-refractivity contribution in [2.45, 2.75) is 0 Å². The first-order valence-electron chi connectivity index (χ1n) is 6.83. The Morgan fingerprint density at radius 1 is 1.19 bits per heavy atom. The summed E-state index contributed by atoms with van der Waals surface area (Å²) in [5, 5.41) is 2.80. The van der Waals surface area contributed by atoms with Crippen molar-refractivity contribution in [1.29, 1.82) is 0 Å². The lowest BCUT2D eigenvalue weighted by molar-refractivity contribution is 0.102. The summed E-state index contributed by atoms with van der Waals surface area (Å²) < 4.78 is 5.31. The molecule has 1 fully saturated rings. The maximum atomic E-state index is 12.0. The number of pyridine rings is 2. The number of hydrogen-bond donors (Lipinski definition) is 1. The van der Waals surface area contributed by atoms with E-state index in [2.05, 4.69) is 20.2 Å². The number of amides is 1. The molecule has 6 nitrogen and oxygen atoms in total. The normalized spacial score (nSPS) is 14.8. The Hall–Kier alpha value is -2.47. The van der Waals surface area contributed by atoms with Gasteiger partial charge in [-0.1, -0.05) is 0 Å². The summed E-state index contributed by atoms with van der Waals surface area (Å²) in [4.78, 5) is 22.5. The van der Waals surface area contributed by atoms with Gasteiger partial charge in [-0.2, -0.15) is 0 Å². The molecule has 108 valence electrons. The van der Waals surface area contributed by atoms with Gasteiger partial charge < -0.3 is 15.0 Å². The summed E-state index contributed by atoms with van der Waals surface area (Å²) in [5.74, 6) is 0.710. The van der Waals surface area contributed by atoms with Gasteiger partial charge >= 0.3 is 0 Å². The average Bonchev–Trinajstić information content (AvgIpc) is 2.57. The Kier molecular flexibility index (Phi) is 4.07. The molecule has 0 atom stereocenters. The Bertz CT molecular complexity index is 595. The second-order valence-corrected chi connectivity index (χ2v) is 4.70. The minimum Gasteiger partial charge on any atom is -0.378 e. The molecule has 0 aliphatic carbocycles. The monoisotopic (exact) mass is 284 g/mol. The summed E-state index contributed by atoms with van der Waals surface area (Å²) >= 11 is 0. The van der Waals surface area contributed by atoms with Crippen LogP contribution in [0.4, 0.5) is 11.5 Å². The van der Waals surface area contributed by atoms with Gasteiger partial charge in [0.05, 0.1) is 30.7 Å². The van der Waals surface area contributed by atoms with Crippen molar-refractivity contribution in [2.24, 2.45) is 0 Å². The molecule has 0 radical (unpaired) electrons. The Morgan fingerprint density at radius 3 is 2.71 bits per heavy atom. The highest BCUT2D eigenvalue weighted by molar-refractivity contribution is 6.03. The molecular formula is C15H16N4O2. The van der Waals surface area contributed by atoms with Gasteiger partial charge in [-0.15, -0.1) is 0 Å². The average molecular weight is 284 g/mol. The van der Waals surface area contributed by atoms with E-state index in [0.29, 0.717) is 11.3 Å². The zero-order valence-corrected chi connectivity index (χ0v) is 11.5. The van der Waals surface area contributed by atoms with Crippen molar-refractivity contribution in [3.63, 3.8) is 0 Å². The number of anilines is 2. The van der Waals surface area contributed by atoms with E-state index in [1.165, 1.54) is 6.20 Å². The van der Waals surface area contributed by atoms with Crippen LogP contribution in [-0.4, -0.2) is 42.2 Å². The van der Waals surface area contributed by atoms with Crippen LogP contribution < -0.4 is 10.2 Å². The van der Waals surface area contributed by atoms with Crippen molar-refractivity contribution in [2.75, 3.05) is 36.5 Å². The summed E-state index contributed by atoms with van der Waals surface area (Å²) in [7, 11) is 0. The fourth-order valence-electron chi connectivity index (χ4n) is 2.14. The van der Waals surface area contributed by atoms with E-state index < -0.39 is 0 Å². The predicted molar refractivity (Wildman–Crippen MR) is 79.5 cm³/mol. The Morgan fingerprint density at radius 2 is 2.05 bits per heavy atom. The number of carbonyl (C=O) groups is 1. The molecule has 1 aliphatic heterocycles. The van der Waals surface area contributed by atoms with Crippen LogP contribution in [-0.2, 0) is 4.74 Å². The first-order valence-corrected chi connectivity index (χ1v) is 6.83. The van der Waals surface area contributed by atoms with Crippen molar-refractivity contribution >= 4 is 17.4 Å². The fourth-order valence-corrected chi connectivity index (χ4v) is 2.14. The first-order chi connectivity index (χ1) is 10.3. The Labute approximate surface area is 122 Å². The molecule has 21 heavy (non-hydrogen) atoms. The highest BCUT2D eigenvalue weighted by Gasteiger charge is 2.12. The highest BCUT2D eigenvalue weighted by atomic mass is 16.5. The zero-order valence-electron chi connectivity index (χ0n) is 11.5. The van der Waals surface area contributed by atoms with Crippen LogP contribution in [0, 0.1) is 0 Å². The molecule has 2 aromatic heterocycles. The number of rotatable bonds is 3. The quantitative estimate of drug-likeness (QED) is 0.926. The molecule has 1 saturated heterocycles. The van der Waals surface area contributed by atoms with Gasteiger partial charge in [0.25, 0.3) is 5.91 Å². The largest absolute Gasteiger partial charge is 0.378 e. The molecule has 0 unspecified atom stereocenters. The van der Waals surface area contributed by atoms with Gasteiger partial charge in [-0.3, -0.25) is 9.78 Å². The fraction of sp³-hybridized carbons (Fsp3) is 0.267. The van der Waals surface area contributed by atoms with E-state index in [-0.39, 0.29) is 5.91 Å². The van der Waals surface area contributed by atoms with Crippen molar-refractivity contribution in [3.05, 3.63) is 48.4 Å². The maximum Gasteiger partial charge on any atom is 0.257 e. The molecule has 6 heteroatoms. The number of hydrogen-bond acceptors (Lipinski definition) is 5. The van der Waals surface area contributed by atoms with Gasteiger partial charge in [0, 0.05) is 25.5 Å². The maximum absolute atomic E-state index is 12.0. The highest BCUT2D eigenvalue weighted by Crippen LogP contribution is 2.16. The first kappa shape index (κ1) is 13.5. The van der Waals surface area contributed by atoms with Crippen LogP contribution in [0.25, 0.3) is 0 Å². The minimum atomic E-state index is -0.191. The summed E-state index contributed by atoms with van der Waals surface area (Å²) in [6, 6.07) is 7.21. The lowest BCUT2D eigenvalue weighted by Crippen LogP contribution is -2.36. The van der Waals surface area contributed by atoms with Crippen molar-refractivity contribution in [3.8, 4) is 0 Å². The molecule has 3 heterocycles. The van der Waals surface area contributed by atoms with Gasteiger partial charge in [-0.25, -0.2) is 4.98 Å². The number of nitrogens with one attached hydrogen (secondary N) is 1. The topological polar surface area (TPSA) is 67.4 Å². The van der Waals surface area contributed by atoms with E-state index in [1.807, 2.05) is 12.1 Å². The van der Waals surface area contributed by atoms with Gasteiger partial charge in [-0.05, 0) is 24.3 Å². The number of nitrogens with zero attached hydrogens (tertiary/aromatic N) is 3. The Balaban J connectivity index is 1.65. The van der Waals surface area contributed by atoms with Crippen LogP contribution in [0.5, 0.6) is 0 Å². The van der Waals surface area contributed by atoms with Crippen LogP contribution in [0.1, 0.15) is 10.4 Å². The third-order valence-corrected chi connectivity index (χ3v) is 3.26. The molecule has 0 aromatic carbocycles. The molecule has 2 aromatic rings. The molecule has 0 spiro atoms. The van der Waals surface area contributed by atoms with Gasteiger partial charge in [0.2, 0.25) is 0 Å². The van der Waals surface area contributed by atoms with Crippen LogP contribution in [0.15, 0.2) is 42.9 Å². The van der Waals surface area contributed by atoms with E-state index in [9.17, 15) is 4.79 Å². The van der Waals surface area contributed by atoms with E-state index in [4.69, 9.17) is 4.74 Å². The summed E-state index contributed by atoms with van der Waals surface area (Å²) in [5.41, 5.74) is 1.19. The number of morpholine rings is 1. The number of aromatic nitrogens is 2. The van der Waals surface area contributed by atoms with E-state index in [0.717, 1.165) is 32.1 Å². The molecule has 0 saturated carbocycles. The molecule has 1 amide bonds. The molecule has 1 N–H and O–H groups in total. The van der Waals surface area contributed by atoms with Crippen molar-refractivity contribution < 1.29 is 9.53 Å². The van der Waals surface area contributed by atoms with E-state index in [1.54, 1.807) is 24.5 Å². The second-order valence-electron chi connectivity index (χ2n) is 4.70. The van der Waals surface area contributed by atoms with Crippen LogP contribution >= 0.6 is 0 Å². The standard InChI is InChI=1S/C15H16N4O2/c20-15(12-2-1-5-16-10-12)18-13-3-4-14(17-11-13)19-6-8-21-9-7-19/h1-5,10-11H,6-9H2,(H,18,20). The smallest absolute Gasteiger partial charge is 0.257 e. The predicted octanol–water partition coefficient (Wildman–Crippen LogP) is 1.57. The van der Waals surface area contributed by atoms with Crippen LogP contribution in [0.3, 0.4) is 0 Å². The number of ether oxygens (including phenoxy) is 1. The lowest BCUT2D eigenvalue weighted by atomic mass is 10.2. The van der Waals surface area contributed by atoms with Gasteiger partial charge in [0.15, 0.2) is 0 Å². The SMILES string of the molecule is O=C(Nc1ccc(N2CCOCC2)nc1)c1cccnc1. The van der Waals surface area contributed by atoms with Gasteiger partial charge in [0.1, 0.15) is 5.82 Å². The molecule has 0 bridgehead atoms. The van der Waals surface area contributed by atoms with E-state index >= 15 is 0 Å².